The van der Waals surface area contributed by atoms with E-state index in [2.05, 4.69) is 21.3 Å². The Bertz CT molecular complexity index is 3600. The summed E-state index contributed by atoms with van der Waals surface area (Å²) >= 11 is 0. The molecule has 0 aromatic heterocycles. The summed E-state index contributed by atoms with van der Waals surface area (Å²) in [6.07, 6.45) is 0. The third-order valence-electron chi connectivity index (χ3n) is 11.8. The van der Waals surface area contributed by atoms with Crippen LogP contribution in [-0.4, -0.2) is 82.0 Å². The van der Waals surface area contributed by atoms with Crippen LogP contribution in [0.5, 0.6) is 23.0 Å². The van der Waals surface area contributed by atoms with E-state index in [0.29, 0.717) is 34.4 Å². The minimum absolute atomic E-state index is 0.0526. The number of aryl methyl sites for hydroxylation is 2. The molecule has 0 bridgehead atoms. The summed E-state index contributed by atoms with van der Waals surface area (Å²) < 4.78 is 11.6. The van der Waals surface area contributed by atoms with Gasteiger partial charge in [-0.2, -0.15) is 0 Å². The average Bonchev–Trinajstić information content (AvgIpc) is 3.62. The van der Waals surface area contributed by atoms with E-state index >= 15 is 0 Å². The number of carboxylic acids is 4. The number of carboxylic acid groups (broad SMARTS) is 4. The van der Waals surface area contributed by atoms with Crippen molar-refractivity contribution in [3.05, 3.63) is 225 Å². The number of rotatable bonds is 16. The predicted molar refractivity (Wildman–Crippen MR) is 290 cm³/mol. The molecule has 0 saturated carbocycles. The molecule has 0 aliphatic rings. The molecular weight excluding hydrogens is 1000 g/mol. The standard InChI is InChI=1S/2C30H24N2O7/c1-17-9-13-19(14-10-17)39-20-15-11-18(12-16-20)32-28(34)22-6-4-8-24(30(37)38)26(22)25-21(27(33)31-2)5-3-7-23(25)29(35)36;1-17-9-13-19(14-10-17)39-20-15-11-18(12-16-20)32-28(34)22-6-3-5-21(27(33)31-2)25(22)26-23(29(35)36)7-4-8-24(26)30(37)38/h2*3-16H,1-2H3,(H,31,33)(H,32,34)(H,35,36)(H,37,38). The molecule has 0 aliphatic carbocycles. The van der Waals surface area contributed by atoms with E-state index in [1.807, 2.05) is 62.4 Å². The molecule has 8 rings (SSSR count). The smallest absolute Gasteiger partial charge is 0.336 e. The fourth-order valence-corrected chi connectivity index (χ4v) is 8.12. The van der Waals surface area contributed by atoms with Crippen molar-refractivity contribution in [2.24, 2.45) is 0 Å². The van der Waals surface area contributed by atoms with Gasteiger partial charge in [-0.3, -0.25) is 19.2 Å². The van der Waals surface area contributed by atoms with E-state index in [9.17, 15) is 58.8 Å². The van der Waals surface area contributed by atoms with Gasteiger partial charge in [0.05, 0.1) is 22.3 Å². The quantitative estimate of drug-likeness (QED) is 0.0447. The molecule has 4 amide bonds. The highest BCUT2D eigenvalue weighted by Crippen LogP contribution is 2.37. The van der Waals surface area contributed by atoms with Crippen molar-refractivity contribution < 1.29 is 68.3 Å². The Hall–Kier alpha value is -10.9. The lowest BCUT2D eigenvalue weighted by Gasteiger charge is -2.18. The lowest BCUT2D eigenvalue weighted by atomic mass is 9.87. The second-order valence-corrected chi connectivity index (χ2v) is 17.1. The highest BCUT2D eigenvalue weighted by molar-refractivity contribution is 6.19. The minimum atomic E-state index is -1.41. The fourth-order valence-electron chi connectivity index (χ4n) is 8.12. The molecule has 8 aromatic carbocycles. The second kappa shape index (κ2) is 24.4. The number of carbonyl (C=O) groups excluding carboxylic acids is 4. The molecule has 8 aromatic rings. The summed E-state index contributed by atoms with van der Waals surface area (Å²) in [6, 6.07) is 44.2. The fraction of sp³-hybridized carbons (Fsp3) is 0.0667. The number of hydrogen-bond donors (Lipinski definition) is 8. The van der Waals surface area contributed by atoms with E-state index in [1.165, 1.54) is 86.9 Å². The van der Waals surface area contributed by atoms with Crippen LogP contribution < -0.4 is 30.7 Å². The van der Waals surface area contributed by atoms with Crippen LogP contribution in [0.25, 0.3) is 22.3 Å². The highest BCUT2D eigenvalue weighted by Gasteiger charge is 2.30. The number of benzene rings is 8. The number of hydrogen-bond acceptors (Lipinski definition) is 10. The van der Waals surface area contributed by atoms with Gasteiger partial charge in [-0.05, 0) is 135 Å². The molecule has 18 heteroatoms. The summed E-state index contributed by atoms with van der Waals surface area (Å²) in [6.45, 7) is 3.94. The monoisotopic (exact) mass is 1050 g/mol. The van der Waals surface area contributed by atoms with Gasteiger partial charge in [-0.15, -0.1) is 0 Å². The molecule has 0 heterocycles. The van der Waals surface area contributed by atoms with Crippen molar-refractivity contribution in [1.82, 2.24) is 10.6 Å². The maximum atomic E-state index is 13.5. The van der Waals surface area contributed by atoms with Gasteiger partial charge in [0.1, 0.15) is 23.0 Å². The number of carbonyl (C=O) groups is 8. The molecule has 0 atom stereocenters. The van der Waals surface area contributed by atoms with Crippen LogP contribution in [-0.2, 0) is 0 Å². The van der Waals surface area contributed by atoms with Gasteiger partial charge in [-0.25, -0.2) is 19.2 Å². The van der Waals surface area contributed by atoms with Crippen molar-refractivity contribution in [1.29, 1.82) is 0 Å². The van der Waals surface area contributed by atoms with Crippen molar-refractivity contribution in [3.8, 4) is 45.3 Å². The lowest BCUT2D eigenvalue weighted by Crippen LogP contribution is -2.22. The molecule has 0 saturated heterocycles. The van der Waals surface area contributed by atoms with Crippen LogP contribution in [0.4, 0.5) is 11.4 Å². The summed E-state index contributed by atoms with van der Waals surface area (Å²) in [5.41, 5.74) is 0.568. The Kier molecular flexibility index (Phi) is 17.2. The Balaban J connectivity index is 0.000000226. The molecule has 0 aliphatic heterocycles. The van der Waals surface area contributed by atoms with Gasteiger partial charge in [0.15, 0.2) is 0 Å². The van der Waals surface area contributed by atoms with Crippen LogP contribution in [0.2, 0.25) is 0 Å². The Morgan fingerprint density at radius 2 is 0.526 bits per heavy atom. The lowest BCUT2D eigenvalue weighted by molar-refractivity contribution is 0.0682. The van der Waals surface area contributed by atoms with Crippen molar-refractivity contribution in [3.63, 3.8) is 0 Å². The number of aromatic carboxylic acids is 4. The maximum absolute atomic E-state index is 13.5. The SMILES string of the molecule is CNC(=O)c1cccc(C(=O)Nc2ccc(Oc3ccc(C)cc3)cc2)c1-c1c(C(=O)O)cccc1C(=O)O.CNC(=O)c1cccc(C(=O)O)c1-c1c(C(=O)O)cccc1C(=O)Nc1ccc(Oc2ccc(C)cc2)cc1. The van der Waals surface area contributed by atoms with E-state index in [0.717, 1.165) is 11.1 Å². The largest absolute Gasteiger partial charge is 0.478 e. The Labute approximate surface area is 445 Å². The van der Waals surface area contributed by atoms with Gasteiger partial charge in [0.2, 0.25) is 0 Å². The summed E-state index contributed by atoms with van der Waals surface area (Å²) in [5, 5.41) is 49.7. The average molecular weight is 1050 g/mol. The van der Waals surface area contributed by atoms with Crippen LogP contribution in [0.15, 0.2) is 170 Å². The van der Waals surface area contributed by atoms with E-state index < -0.39 is 47.5 Å². The van der Waals surface area contributed by atoms with Crippen LogP contribution in [0, 0.1) is 13.8 Å². The van der Waals surface area contributed by atoms with Crippen LogP contribution >= 0.6 is 0 Å². The van der Waals surface area contributed by atoms with Crippen LogP contribution in [0.3, 0.4) is 0 Å². The molecule has 392 valence electrons. The van der Waals surface area contributed by atoms with Gasteiger partial charge in [0, 0.05) is 70.0 Å². The van der Waals surface area contributed by atoms with Crippen molar-refractivity contribution >= 4 is 58.9 Å². The molecule has 78 heavy (non-hydrogen) atoms. The minimum Gasteiger partial charge on any atom is -0.478 e. The normalized spacial score (nSPS) is 10.4. The molecule has 18 nitrogen and oxygen atoms in total. The summed E-state index contributed by atoms with van der Waals surface area (Å²) in [4.78, 5) is 101. The molecule has 0 radical (unpaired) electrons. The zero-order valence-corrected chi connectivity index (χ0v) is 42.0. The third-order valence-corrected chi connectivity index (χ3v) is 11.8. The molecule has 0 unspecified atom stereocenters. The first kappa shape index (κ1) is 54.9. The van der Waals surface area contributed by atoms with Crippen molar-refractivity contribution in [2.75, 3.05) is 24.7 Å². The van der Waals surface area contributed by atoms with E-state index in [1.54, 1.807) is 48.5 Å². The topological polar surface area (TPSA) is 284 Å². The Morgan fingerprint density at radius 3 is 0.782 bits per heavy atom. The molecular formula is C60H48N4O14. The molecule has 8 N–H and O–H groups in total. The van der Waals surface area contributed by atoms with Gasteiger partial charge < -0.3 is 51.2 Å². The Morgan fingerprint density at radius 1 is 0.308 bits per heavy atom. The number of amides is 4. The maximum Gasteiger partial charge on any atom is 0.336 e. The second-order valence-electron chi connectivity index (χ2n) is 17.1. The summed E-state index contributed by atoms with van der Waals surface area (Å²) in [5.74, 6) is -5.81. The highest BCUT2D eigenvalue weighted by atomic mass is 16.5. The first-order valence-corrected chi connectivity index (χ1v) is 23.6. The molecule has 0 spiro atoms. The number of ether oxygens (including phenoxy) is 2. The van der Waals surface area contributed by atoms with Crippen LogP contribution in [0.1, 0.15) is 94.0 Å². The van der Waals surface area contributed by atoms with Gasteiger partial charge in [-0.1, -0.05) is 59.7 Å². The summed E-state index contributed by atoms with van der Waals surface area (Å²) in [7, 11) is 2.74. The number of nitrogens with one attached hydrogen (secondary N) is 4. The number of anilines is 2. The first-order valence-electron chi connectivity index (χ1n) is 23.6. The van der Waals surface area contributed by atoms with E-state index in [4.69, 9.17) is 9.47 Å². The van der Waals surface area contributed by atoms with Gasteiger partial charge in [0.25, 0.3) is 23.6 Å². The van der Waals surface area contributed by atoms with E-state index in [-0.39, 0.29) is 66.8 Å². The zero-order valence-electron chi connectivity index (χ0n) is 42.0. The third kappa shape index (κ3) is 12.7. The predicted octanol–water partition coefficient (Wildman–Crippen LogP) is 10.9. The first-order chi connectivity index (χ1) is 37.4. The van der Waals surface area contributed by atoms with Crippen molar-refractivity contribution in [2.45, 2.75) is 13.8 Å². The molecule has 0 fully saturated rings. The van der Waals surface area contributed by atoms with Gasteiger partial charge >= 0.3 is 23.9 Å². The zero-order chi connectivity index (χ0) is 56.2.